The molecule has 0 aromatic heterocycles. The molecule has 0 aromatic rings. The minimum absolute atomic E-state index is 0.426. The van der Waals surface area contributed by atoms with Crippen LogP contribution in [0.15, 0.2) is 0 Å². The lowest BCUT2D eigenvalue weighted by Crippen LogP contribution is -2.38. The zero-order valence-corrected chi connectivity index (χ0v) is 9.30. The molecule has 0 fully saturated rings. The smallest absolute Gasteiger partial charge is 0.103 e. The van der Waals surface area contributed by atoms with Gasteiger partial charge in [-0.3, -0.25) is 0 Å². The summed E-state index contributed by atoms with van der Waals surface area (Å²) in [5.41, 5.74) is -0.426. The van der Waals surface area contributed by atoms with Gasteiger partial charge in [0.15, 0.2) is 0 Å². The van der Waals surface area contributed by atoms with Crippen LogP contribution in [0.3, 0.4) is 0 Å². The van der Waals surface area contributed by atoms with Crippen molar-refractivity contribution in [3.63, 3.8) is 0 Å². The summed E-state index contributed by atoms with van der Waals surface area (Å²) in [6.07, 6.45) is 1.68. The summed E-state index contributed by atoms with van der Waals surface area (Å²) in [5, 5.41) is 11.8. The van der Waals surface area contributed by atoms with Gasteiger partial charge in [-0.25, -0.2) is 0 Å². The van der Waals surface area contributed by atoms with Crippen molar-refractivity contribution < 1.29 is 9.47 Å². The van der Waals surface area contributed by atoms with Gasteiger partial charge in [-0.05, 0) is 26.8 Å². The van der Waals surface area contributed by atoms with E-state index < -0.39 is 5.54 Å². The van der Waals surface area contributed by atoms with Crippen LogP contribution >= 0.6 is 0 Å². The second-order valence-electron chi connectivity index (χ2n) is 3.40. The Morgan fingerprint density at radius 1 is 1.36 bits per heavy atom. The number of methoxy groups -OCH3 is 1. The van der Waals surface area contributed by atoms with Gasteiger partial charge in [-0.1, -0.05) is 0 Å². The van der Waals surface area contributed by atoms with Gasteiger partial charge >= 0.3 is 0 Å². The van der Waals surface area contributed by atoms with E-state index in [-0.39, 0.29) is 0 Å². The highest BCUT2D eigenvalue weighted by Crippen LogP contribution is 2.09. The molecular weight excluding hydrogens is 180 g/mol. The van der Waals surface area contributed by atoms with Crippen molar-refractivity contribution >= 4 is 0 Å². The molecule has 0 amide bonds. The first-order valence-corrected chi connectivity index (χ1v) is 4.85. The van der Waals surface area contributed by atoms with Crippen molar-refractivity contribution in [2.75, 3.05) is 34.0 Å². The van der Waals surface area contributed by atoms with Crippen molar-refractivity contribution in [1.82, 2.24) is 5.32 Å². The topological polar surface area (TPSA) is 54.3 Å². The monoisotopic (exact) mass is 200 g/mol. The average molecular weight is 200 g/mol. The second kappa shape index (κ2) is 7.74. The maximum atomic E-state index is 8.85. The molecule has 1 N–H and O–H groups in total. The number of rotatable bonds is 8. The molecule has 0 aromatic carbocycles. The van der Waals surface area contributed by atoms with Crippen LogP contribution in [-0.4, -0.2) is 39.5 Å². The molecule has 0 aliphatic carbocycles. The molecule has 82 valence electrons. The molecule has 0 spiro atoms. The fourth-order valence-corrected chi connectivity index (χ4v) is 1.01. The van der Waals surface area contributed by atoms with Crippen LogP contribution in [0.4, 0.5) is 0 Å². The Hall–Kier alpha value is -0.630. The van der Waals surface area contributed by atoms with Crippen molar-refractivity contribution in [2.24, 2.45) is 0 Å². The van der Waals surface area contributed by atoms with Crippen molar-refractivity contribution in [3.05, 3.63) is 0 Å². The number of hydrogen-bond acceptors (Lipinski definition) is 4. The van der Waals surface area contributed by atoms with E-state index in [1.54, 1.807) is 14.2 Å². The van der Waals surface area contributed by atoms with Gasteiger partial charge in [-0.2, -0.15) is 5.26 Å². The van der Waals surface area contributed by atoms with Gasteiger partial charge in [0.2, 0.25) is 0 Å². The minimum atomic E-state index is -0.426. The molecule has 1 atom stereocenters. The van der Waals surface area contributed by atoms with Crippen LogP contribution in [-0.2, 0) is 9.47 Å². The van der Waals surface area contributed by atoms with Crippen LogP contribution in [0.2, 0.25) is 0 Å². The summed E-state index contributed by atoms with van der Waals surface area (Å²) in [7, 11) is 3.45. The van der Waals surface area contributed by atoms with Crippen LogP contribution in [0.25, 0.3) is 0 Å². The van der Waals surface area contributed by atoms with E-state index in [2.05, 4.69) is 11.4 Å². The number of hydrogen-bond donors (Lipinski definition) is 1. The van der Waals surface area contributed by atoms with Crippen molar-refractivity contribution in [3.8, 4) is 6.07 Å². The van der Waals surface area contributed by atoms with Gasteiger partial charge < -0.3 is 14.8 Å². The highest BCUT2D eigenvalue weighted by molar-refractivity contribution is 5.02. The first kappa shape index (κ1) is 13.4. The third kappa shape index (κ3) is 5.92. The minimum Gasteiger partial charge on any atom is -0.382 e. The maximum absolute atomic E-state index is 8.85. The van der Waals surface area contributed by atoms with Crippen molar-refractivity contribution in [2.45, 2.75) is 25.3 Å². The van der Waals surface area contributed by atoms with Gasteiger partial charge in [0.05, 0.1) is 19.3 Å². The van der Waals surface area contributed by atoms with Crippen LogP contribution in [0.1, 0.15) is 19.8 Å². The van der Waals surface area contributed by atoms with Crippen molar-refractivity contribution in [1.29, 1.82) is 5.26 Å². The first-order valence-electron chi connectivity index (χ1n) is 4.85. The number of nitrogens with zero attached hydrogens (tertiary/aromatic N) is 1. The molecule has 14 heavy (non-hydrogen) atoms. The number of nitriles is 1. The van der Waals surface area contributed by atoms with E-state index >= 15 is 0 Å². The summed E-state index contributed by atoms with van der Waals surface area (Å²) in [6, 6.07) is 2.24. The van der Waals surface area contributed by atoms with Gasteiger partial charge in [0.25, 0.3) is 0 Å². The zero-order valence-electron chi connectivity index (χ0n) is 9.30. The number of ether oxygens (including phenoxy) is 2. The molecule has 0 radical (unpaired) electrons. The molecular formula is C10H20N2O2. The van der Waals surface area contributed by atoms with E-state index in [1.807, 2.05) is 6.92 Å². The van der Waals surface area contributed by atoms with Gasteiger partial charge in [0, 0.05) is 13.7 Å². The molecule has 0 aliphatic heterocycles. The third-order valence-electron chi connectivity index (χ3n) is 2.20. The molecule has 0 bridgehead atoms. The largest absolute Gasteiger partial charge is 0.382 e. The van der Waals surface area contributed by atoms with E-state index in [1.165, 1.54) is 0 Å². The molecule has 0 heterocycles. The number of nitrogens with one attached hydrogen (secondary N) is 1. The molecule has 0 rings (SSSR count). The fourth-order valence-electron chi connectivity index (χ4n) is 1.01. The molecule has 4 nitrogen and oxygen atoms in total. The van der Waals surface area contributed by atoms with Gasteiger partial charge in [-0.15, -0.1) is 0 Å². The Morgan fingerprint density at radius 3 is 2.57 bits per heavy atom. The van der Waals surface area contributed by atoms with E-state index in [0.29, 0.717) is 19.8 Å². The lowest BCUT2D eigenvalue weighted by atomic mass is 9.98. The Bertz CT molecular complexity index is 179. The Balaban J connectivity index is 3.40. The van der Waals surface area contributed by atoms with Crippen LogP contribution < -0.4 is 5.32 Å². The summed E-state index contributed by atoms with van der Waals surface area (Å²) < 4.78 is 10.1. The summed E-state index contributed by atoms with van der Waals surface area (Å²) >= 11 is 0. The van der Waals surface area contributed by atoms with E-state index in [9.17, 15) is 0 Å². The maximum Gasteiger partial charge on any atom is 0.103 e. The predicted molar refractivity (Wildman–Crippen MR) is 55.0 cm³/mol. The fraction of sp³-hybridized carbons (Fsp3) is 0.900. The van der Waals surface area contributed by atoms with Gasteiger partial charge in [0.1, 0.15) is 5.54 Å². The predicted octanol–water partition coefficient (Wildman–Crippen LogP) is 0.931. The SMILES string of the molecule is CNC(C)(C#N)CCCOCCOC. The standard InChI is InChI=1S/C10H20N2O2/c1-10(9-11,12-2)5-4-6-14-8-7-13-3/h12H,4-8H2,1-3H3. The van der Waals surface area contributed by atoms with E-state index in [0.717, 1.165) is 12.8 Å². The molecule has 0 saturated heterocycles. The van der Waals surface area contributed by atoms with Crippen LogP contribution in [0, 0.1) is 11.3 Å². The Kier molecular flexibility index (Phi) is 7.40. The Labute approximate surface area is 86.2 Å². The van der Waals surface area contributed by atoms with Crippen LogP contribution in [0.5, 0.6) is 0 Å². The highest BCUT2D eigenvalue weighted by Gasteiger charge is 2.19. The third-order valence-corrected chi connectivity index (χ3v) is 2.20. The summed E-state index contributed by atoms with van der Waals surface area (Å²) in [6.45, 7) is 3.82. The van der Waals surface area contributed by atoms with E-state index in [4.69, 9.17) is 14.7 Å². The zero-order chi connectivity index (χ0) is 10.9. The first-order chi connectivity index (χ1) is 6.68. The molecule has 1 unspecified atom stereocenters. The molecule has 0 saturated carbocycles. The molecule has 4 heteroatoms. The lowest BCUT2D eigenvalue weighted by molar-refractivity contribution is 0.0671. The summed E-state index contributed by atoms with van der Waals surface area (Å²) in [5.74, 6) is 0. The normalized spacial score (nSPS) is 14.7. The second-order valence-corrected chi connectivity index (χ2v) is 3.40. The Morgan fingerprint density at radius 2 is 2.07 bits per heavy atom. The lowest BCUT2D eigenvalue weighted by Gasteiger charge is -2.20. The highest BCUT2D eigenvalue weighted by atomic mass is 16.5. The summed E-state index contributed by atoms with van der Waals surface area (Å²) in [4.78, 5) is 0. The molecule has 0 aliphatic rings. The average Bonchev–Trinajstić information content (AvgIpc) is 2.23. The quantitative estimate of drug-likeness (QED) is 0.592.